The molecule has 0 saturated carbocycles. The van der Waals surface area contributed by atoms with Gasteiger partial charge in [-0.3, -0.25) is 0 Å². The summed E-state index contributed by atoms with van der Waals surface area (Å²) in [6.07, 6.45) is 0. The quantitative estimate of drug-likeness (QED) is 0.666. The highest BCUT2D eigenvalue weighted by molar-refractivity contribution is 5.87. The van der Waals surface area contributed by atoms with Crippen LogP contribution in [0.4, 0.5) is 5.69 Å². The Balaban J connectivity index is 2.35. The van der Waals surface area contributed by atoms with E-state index >= 15 is 0 Å². The monoisotopic (exact) mass is 245 g/mol. The summed E-state index contributed by atoms with van der Waals surface area (Å²) < 4.78 is 10.4. The van der Waals surface area contributed by atoms with Crippen LogP contribution in [-0.2, 0) is 4.74 Å². The highest BCUT2D eigenvalue weighted by atomic mass is 16.5. The summed E-state index contributed by atoms with van der Waals surface area (Å²) in [4.78, 5) is 11.5. The maximum atomic E-state index is 11.5. The van der Waals surface area contributed by atoms with Gasteiger partial charge in [-0.05, 0) is 43.7 Å². The van der Waals surface area contributed by atoms with Crippen molar-refractivity contribution in [3.05, 3.63) is 41.7 Å². The predicted octanol–water partition coefficient (Wildman–Crippen LogP) is 3.01. The molecule has 18 heavy (non-hydrogen) atoms. The van der Waals surface area contributed by atoms with Gasteiger partial charge in [0.1, 0.15) is 5.76 Å². The van der Waals surface area contributed by atoms with E-state index in [1.54, 1.807) is 19.1 Å². The first-order chi connectivity index (χ1) is 8.61. The van der Waals surface area contributed by atoms with Gasteiger partial charge in [0.2, 0.25) is 5.76 Å². The zero-order chi connectivity index (χ0) is 13.1. The van der Waals surface area contributed by atoms with E-state index in [1.807, 2.05) is 25.1 Å². The second-order valence-electron chi connectivity index (χ2n) is 3.96. The lowest BCUT2D eigenvalue weighted by atomic mass is 10.1. The molecule has 0 aliphatic carbocycles. The molecule has 4 heteroatoms. The fraction of sp³-hybridized carbons (Fsp3) is 0.214. The van der Waals surface area contributed by atoms with Crippen LogP contribution < -0.4 is 5.73 Å². The van der Waals surface area contributed by atoms with Crippen LogP contribution in [0.3, 0.4) is 0 Å². The van der Waals surface area contributed by atoms with E-state index in [-0.39, 0.29) is 5.76 Å². The Morgan fingerprint density at radius 1 is 1.33 bits per heavy atom. The van der Waals surface area contributed by atoms with E-state index in [0.717, 1.165) is 11.1 Å². The molecular formula is C14H15NO3. The molecule has 2 aromatic rings. The standard InChI is InChI=1S/C14H15NO3/c1-3-17-14(16)13-7-6-12(18-13)11-8-10(15)5-4-9(11)2/h4-8H,3,15H2,1-2H3. The average Bonchev–Trinajstić information content (AvgIpc) is 2.82. The molecule has 2 N–H and O–H groups in total. The Morgan fingerprint density at radius 3 is 2.83 bits per heavy atom. The van der Waals surface area contributed by atoms with Crippen molar-refractivity contribution >= 4 is 11.7 Å². The largest absolute Gasteiger partial charge is 0.460 e. The first-order valence-electron chi connectivity index (χ1n) is 5.75. The number of esters is 1. The van der Waals surface area contributed by atoms with Crippen molar-refractivity contribution in [3.8, 4) is 11.3 Å². The van der Waals surface area contributed by atoms with Crippen molar-refractivity contribution in [2.45, 2.75) is 13.8 Å². The van der Waals surface area contributed by atoms with Crippen LogP contribution in [0.5, 0.6) is 0 Å². The lowest BCUT2D eigenvalue weighted by Crippen LogP contribution is -2.02. The highest BCUT2D eigenvalue weighted by Gasteiger charge is 2.14. The minimum atomic E-state index is -0.453. The summed E-state index contributed by atoms with van der Waals surface area (Å²) in [5.74, 6) is 0.363. The Labute approximate surface area is 105 Å². The van der Waals surface area contributed by atoms with Gasteiger partial charge in [0.15, 0.2) is 0 Å². The number of hydrogen-bond donors (Lipinski definition) is 1. The maximum absolute atomic E-state index is 11.5. The van der Waals surface area contributed by atoms with Gasteiger partial charge in [0.25, 0.3) is 0 Å². The molecule has 0 atom stereocenters. The summed E-state index contributed by atoms with van der Waals surface area (Å²) in [7, 11) is 0. The van der Waals surface area contributed by atoms with E-state index in [2.05, 4.69) is 0 Å². The van der Waals surface area contributed by atoms with Gasteiger partial charge in [-0.1, -0.05) is 6.07 Å². The number of hydrogen-bond acceptors (Lipinski definition) is 4. The third kappa shape index (κ3) is 2.37. The van der Waals surface area contributed by atoms with Crippen molar-refractivity contribution in [1.82, 2.24) is 0 Å². The van der Waals surface area contributed by atoms with Crippen molar-refractivity contribution in [2.24, 2.45) is 0 Å². The normalized spacial score (nSPS) is 10.3. The molecule has 0 fully saturated rings. The van der Waals surface area contributed by atoms with Crippen LogP contribution in [0.2, 0.25) is 0 Å². The molecule has 94 valence electrons. The molecule has 0 aliphatic heterocycles. The SMILES string of the molecule is CCOC(=O)c1ccc(-c2cc(N)ccc2C)o1. The molecule has 1 aromatic heterocycles. The average molecular weight is 245 g/mol. The Hall–Kier alpha value is -2.23. The zero-order valence-electron chi connectivity index (χ0n) is 10.4. The minimum Gasteiger partial charge on any atom is -0.460 e. The van der Waals surface area contributed by atoms with Crippen molar-refractivity contribution < 1.29 is 13.9 Å². The number of benzene rings is 1. The Kier molecular flexibility index (Phi) is 3.37. The smallest absolute Gasteiger partial charge is 0.374 e. The number of ether oxygens (including phenoxy) is 1. The van der Waals surface area contributed by atoms with Gasteiger partial charge in [0, 0.05) is 11.3 Å². The first-order valence-corrected chi connectivity index (χ1v) is 5.75. The number of nitrogens with two attached hydrogens (primary N) is 1. The molecule has 4 nitrogen and oxygen atoms in total. The van der Waals surface area contributed by atoms with E-state index in [1.165, 1.54) is 0 Å². The summed E-state index contributed by atoms with van der Waals surface area (Å²) in [5, 5.41) is 0. The van der Waals surface area contributed by atoms with Gasteiger partial charge in [0.05, 0.1) is 6.61 Å². The second-order valence-corrected chi connectivity index (χ2v) is 3.96. The fourth-order valence-corrected chi connectivity index (χ4v) is 1.70. The summed E-state index contributed by atoms with van der Waals surface area (Å²) in [5.41, 5.74) is 8.32. The van der Waals surface area contributed by atoms with Crippen LogP contribution in [-0.4, -0.2) is 12.6 Å². The van der Waals surface area contributed by atoms with Crippen molar-refractivity contribution in [2.75, 3.05) is 12.3 Å². The van der Waals surface area contributed by atoms with Gasteiger partial charge >= 0.3 is 5.97 Å². The molecule has 0 aliphatic rings. The number of aryl methyl sites for hydroxylation is 1. The molecule has 1 heterocycles. The fourth-order valence-electron chi connectivity index (χ4n) is 1.70. The molecule has 0 bridgehead atoms. The number of rotatable bonds is 3. The molecular weight excluding hydrogens is 230 g/mol. The van der Waals surface area contributed by atoms with E-state index in [9.17, 15) is 4.79 Å². The topological polar surface area (TPSA) is 65.5 Å². The lowest BCUT2D eigenvalue weighted by Gasteiger charge is -2.03. The molecule has 0 amide bonds. The molecule has 0 saturated heterocycles. The highest BCUT2D eigenvalue weighted by Crippen LogP contribution is 2.27. The van der Waals surface area contributed by atoms with Gasteiger partial charge in [-0.2, -0.15) is 0 Å². The molecule has 1 aromatic carbocycles. The predicted molar refractivity (Wildman–Crippen MR) is 69.2 cm³/mol. The first kappa shape index (κ1) is 12.2. The van der Waals surface area contributed by atoms with Crippen LogP contribution in [0, 0.1) is 6.92 Å². The van der Waals surface area contributed by atoms with Crippen LogP contribution in [0.25, 0.3) is 11.3 Å². The summed E-state index contributed by atoms with van der Waals surface area (Å²) in [6, 6.07) is 8.92. The second kappa shape index (κ2) is 4.96. The Morgan fingerprint density at radius 2 is 2.11 bits per heavy atom. The number of furan rings is 1. The third-order valence-corrected chi connectivity index (χ3v) is 2.61. The molecule has 0 spiro atoms. The van der Waals surface area contributed by atoms with E-state index < -0.39 is 5.97 Å². The number of carbonyl (C=O) groups excluding carboxylic acids is 1. The number of carbonyl (C=O) groups is 1. The third-order valence-electron chi connectivity index (χ3n) is 2.61. The van der Waals surface area contributed by atoms with E-state index in [4.69, 9.17) is 14.9 Å². The Bertz CT molecular complexity index is 572. The number of nitrogen functional groups attached to an aromatic ring is 1. The van der Waals surface area contributed by atoms with Crippen LogP contribution >= 0.6 is 0 Å². The van der Waals surface area contributed by atoms with Crippen LogP contribution in [0.1, 0.15) is 23.0 Å². The van der Waals surface area contributed by atoms with E-state index in [0.29, 0.717) is 18.1 Å². The lowest BCUT2D eigenvalue weighted by molar-refractivity contribution is 0.0491. The summed E-state index contributed by atoms with van der Waals surface area (Å²) in [6.45, 7) is 4.04. The van der Waals surface area contributed by atoms with Crippen molar-refractivity contribution in [1.29, 1.82) is 0 Å². The van der Waals surface area contributed by atoms with Gasteiger partial charge in [-0.25, -0.2) is 4.79 Å². The maximum Gasteiger partial charge on any atom is 0.374 e. The molecule has 2 rings (SSSR count). The van der Waals surface area contributed by atoms with Gasteiger partial charge in [-0.15, -0.1) is 0 Å². The molecule has 0 radical (unpaired) electrons. The van der Waals surface area contributed by atoms with Crippen LogP contribution in [0.15, 0.2) is 34.7 Å². The molecule has 0 unspecified atom stereocenters. The van der Waals surface area contributed by atoms with Crippen molar-refractivity contribution in [3.63, 3.8) is 0 Å². The summed E-state index contributed by atoms with van der Waals surface area (Å²) >= 11 is 0. The minimum absolute atomic E-state index is 0.202. The number of anilines is 1. The zero-order valence-corrected chi connectivity index (χ0v) is 10.4. The van der Waals surface area contributed by atoms with Gasteiger partial charge < -0.3 is 14.9 Å².